The van der Waals surface area contributed by atoms with Crippen molar-refractivity contribution in [2.75, 3.05) is 0 Å². The molecular weight excluding hydrogens is 248 g/mol. The zero-order valence-electron chi connectivity index (χ0n) is 10.3. The summed E-state index contributed by atoms with van der Waals surface area (Å²) in [6, 6.07) is 5.94. The van der Waals surface area contributed by atoms with Crippen molar-refractivity contribution >= 4 is 0 Å². The molecule has 1 saturated carbocycles. The van der Waals surface area contributed by atoms with E-state index in [0.717, 1.165) is 31.4 Å². The fourth-order valence-corrected chi connectivity index (χ4v) is 2.43. The maximum Gasteiger partial charge on any atom is 0.131 e. The fraction of sp³-hybridized carbons (Fsp3) is 0.429. The minimum atomic E-state index is -0.726. The number of rotatable bonds is 3. The van der Waals surface area contributed by atoms with E-state index in [1.807, 2.05) is 0 Å². The average molecular weight is 261 g/mol. The van der Waals surface area contributed by atoms with Crippen LogP contribution in [-0.4, -0.2) is 6.04 Å². The molecule has 2 rings (SSSR count). The Balaban J connectivity index is 2.08. The molecule has 19 heavy (non-hydrogen) atoms. The summed E-state index contributed by atoms with van der Waals surface area (Å²) >= 11 is 0. The standard InChI is InChI=1S/C14H13F2N3/c15-12-4-9(6-17)5-13(16)11(12)8-19-14-3-1-2-10(14)7-18/h4-5,10,14,19H,1-3,8H2. The van der Waals surface area contributed by atoms with E-state index in [0.29, 0.717) is 0 Å². The number of hydrogen-bond acceptors (Lipinski definition) is 3. The molecule has 98 valence electrons. The maximum absolute atomic E-state index is 13.7. The van der Waals surface area contributed by atoms with Crippen molar-refractivity contribution < 1.29 is 8.78 Å². The van der Waals surface area contributed by atoms with Crippen LogP contribution in [0.2, 0.25) is 0 Å². The Bertz CT molecular complexity index is 534. The van der Waals surface area contributed by atoms with Gasteiger partial charge in [-0.1, -0.05) is 6.42 Å². The van der Waals surface area contributed by atoms with Crippen LogP contribution >= 0.6 is 0 Å². The molecule has 0 radical (unpaired) electrons. The Morgan fingerprint density at radius 3 is 2.47 bits per heavy atom. The highest BCUT2D eigenvalue weighted by molar-refractivity contribution is 5.34. The lowest BCUT2D eigenvalue weighted by Crippen LogP contribution is -2.31. The molecule has 0 spiro atoms. The molecule has 0 aliphatic heterocycles. The van der Waals surface area contributed by atoms with Crippen LogP contribution in [0.3, 0.4) is 0 Å². The highest BCUT2D eigenvalue weighted by Gasteiger charge is 2.27. The Hall–Kier alpha value is -1.98. The molecule has 0 heterocycles. The van der Waals surface area contributed by atoms with Gasteiger partial charge < -0.3 is 5.32 Å². The van der Waals surface area contributed by atoms with Crippen molar-refractivity contribution in [2.24, 2.45) is 5.92 Å². The molecule has 0 bridgehead atoms. The van der Waals surface area contributed by atoms with E-state index in [-0.39, 0.29) is 29.6 Å². The summed E-state index contributed by atoms with van der Waals surface area (Å²) in [6.07, 6.45) is 2.62. The molecule has 2 atom stereocenters. The predicted molar refractivity (Wildman–Crippen MR) is 64.7 cm³/mol. The molecule has 1 aliphatic rings. The highest BCUT2D eigenvalue weighted by Crippen LogP contribution is 2.25. The van der Waals surface area contributed by atoms with Crippen LogP contribution in [0.4, 0.5) is 8.78 Å². The van der Waals surface area contributed by atoms with Gasteiger partial charge in [-0.15, -0.1) is 0 Å². The highest BCUT2D eigenvalue weighted by atomic mass is 19.1. The quantitative estimate of drug-likeness (QED) is 0.909. The fourth-order valence-electron chi connectivity index (χ4n) is 2.43. The van der Waals surface area contributed by atoms with Crippen molar-refractivity contribution in [3.05, 3.63) is 34.9 Å². The van der Waals surface area contributed by atoms with Gasteiger partial charge in [0, 0.05) is 18.2 Å². The molecule has 1 aromatic rings. The van der Waals surface area contributed by atoms with E-state index >= 15 is 0 Å². The third kappa shape index (κ3) is 2.89. The molecule has 0 aromatic heterocycles. The van der Waals surface area contributed by atoms with E-state index in [9.17, 15) is 8.78 Å². The van der Waals surface area contributed by atoms with Gasteiger partial charge in [-0.05, 0) is 25.0 Å². The van der Waals surface area contributed by atoms with Crippen molar-refractivity contribution in [2.45, 2.75) is 31.8 Å². The monoisotopic (exact) mass is 261 g/mol. The van der Waals surface area contributed by atoms with Crippen LogP contribution in [0.25, 0.3) is 0 Å². The first-order chi connectivity index (χ1) is 9.15. The smallest absolute Gasteiger partial charge is 0.131 e. The minimum absolute atomic E-state index is 0.0144. The molecule has 2 unspecified atom stereocenters. The zero-order chi connectivity index (χ0) is 13.8. The van der Waals surface area contributed by atoms with Crippen LogP contribution in [0, 0.1) is 40.2 Å². The topological polar surface area (TPSA) is 59.6 Å². The molecule has 5 heteroatoms. The lowest BCUT2D eigenvalue weighted by Gasteiger charge is -2.16. The van der Waals surface area contributed by atoms with Crippen molar-refractivity contribution in [3.63, 3.8) is 0 Å². The lowest BCUT2D eigenvalue weighted by atomic mass is 10.0. The number of hydrogen-bond donors (Lipinski definition) is 1. The second kappa shape index (κ2) is 5.77. The molecule has 1 fully saturated rings. The molecule has 0 amide bonds. The largest absolute Gasteiger partial charge is 0.308 e. The summed E-state index contributed by atoms with van der Waals surface area (Å²) in [5.74, 6) is -1.55. The van der Waals surface area contributed by atoms with Crippen LogP contribution < -0.4 is 5.32 Å². The van der Waals surface area contributed by atoms with E-state index in [4.69, 9.17) is 10.5 Å². The second-order valence-corrected chi connectivity index (χ2v) is 4.68. The molecule has 0 saturated heterocycles. The summed E-state index contributed by atoms with van der Waals surface area (Å²) in [5, 5.41) is 20.6. The van der Waals surface area contributed by atoms with Crippen LogP contribution in [-0.2, 0) is 6.54 Å². The number of nitriles is 2. The Morgan fingerprint density at radius 1 is 1.21 bits per heavy atom. The first kappa shape index (κ1) is 13.5. The molecule has 1 aliphatic carbocycles. The lowest BCUT2D eigenvalue weighted by molar-refractivity contribution is 0.446. The van der Waals surface area contributed by atoms with E-state index in [1.54, 1.807) is 6.07 Å². The summed E-state index contributed by atoms with van der Waals surface area (Å²) < 4.78 is 27.3. The average Bonchev–Trinajstić information content (AvgIpc) is 2.85. The molecule has 1 N–H and O–H groups in total. The van der Waals surface area contributed by atoms with Gasteiger partial charge in [0.25, 0.3) is 0 Å². The van der Waals surface area contributed by atoms with Crippen molar-refractivity contribution in [1.82, 2.24) is 5.32 Å². The van der Waals surface area contributed by atoms with E-state index < -0.39 is 11.6 Å². The number of nitrogens with zero attached hydrogens (tertiary/aromatic N) is 2. The van der Waals surface area contributed by atoms with Gasteiger partial charge >= 0.3 is 0 Å². The maximum atomic E-state index is 13.7. The molecule has 3 nitrogen and oxygen atoms in total. The van der Waals surface area contributed by atoms with Crippen LogP contribution in [0.1, 0.15) is 30.4 Å². The van der Waals surface area contributed by atoms with Crippen LogP contribution in [0.5, 0.6) is 0 Å². The first-order valence-electron chi connectivity index (χ1n) is 6.16. The Labute approximate surface area is 110 Å². The zero-order valence-corrected chi connectivity index (χ0v) is 10.3. The summed E-state index contributed by atoms with van der Waals surface area (Å²) in [4.78, 5) is 0. The second-order valence-electron chi connectivity index (χ2n) is 4.68. The van der Waals surface area contributed by atoms with Gasteiger partial charge in [0.1, 0.15) is 11.6 Å². The summed E-state index contributed by atoms with van der Waals surface area (Å²) in [7, 11) is 0. The third-order valence-electron chi connectivity index (χ3n) is 3.49. The normalized spacial score (nSPS) is 21.9. The van der Waals surface area contributed by atoms with Crippen molar-refractivity contribution in [1.29, 1.82) is 10.5 Å². The van der Waals surface area contributed by atoms with Gasteiger partial charge in [0.15, 0.2) is 0 Å². The SMILES string of the molecule is N#Cc1cc(F)c(CNC2CCCC2C#N)c(F)c1. The van der Waals surface area contributed by atoms with E-state index in [1.165, 1.54) is 0 Å². The van der Waals surface area contributed by atoms with Gasteiger partial charge in [-0.2, -0.15) is 10.5 Å². The Morgan fingerprint density at radius 2 is 1.89 bits per heavy atom. The van der Waals surface area contributed by atoms with Gasteiger partial charge in [0.2, 0.25) is 0 Å². The van der Waals surface area contributed by atoms with Gasteiger partial charge in [-0.25, -0.2) is 8.78 Å². The van der Waals surface area contributed by atoms with E-state index in [2.05, 4.69) is 11.4 Å². The van der Waals surface area contributed by atoms with Gasteiger partial charge in [-0.3, -0.25) is 0 Å². The summed E-state index contributed by atoms with van der Waals surface area (Å²) in [6.45, 7) is 0.0340. The predicted octanol–water partition coefficient (Wildman–Crippen LogP) is 2.62. The minimum Gasteiger partial charge on any atom is -0.308 e. The molecule has 1 aromatic carbocycles. The van der Waals surface area contributed by atoms with Crippen molar-refractivity contribution in [3.8, 4) is 12.1 Å². The number of benzene rings is 1. The van der Waals surface area contributed by atoms with Crippen LogP contribution in [0.15, 0.2) is 12.1 Å². The summed E-state index contributed by atoms with van der Waals surface area (Å²) in [5.41, 5.74) is -0.114. The number of halogens is 2. The number of nitrogens with one attached hydrogen (secondary N) is 1. The van der Waals surface area contributed by atoms with Gasteiger partial charge in [0.05, 0.1) is 23.6 Å². The first-order valence-corrected chi connectivity index (χ1v) is 6.16. The Kier molecular flexibility index (Phi) is 4.09. The molecular formula is C14H13F2N3. The third-order valence-corrected chi connectivity index (χ3v) is 3.49.